The predicted molar refractivity (Wildman–Crippen MR) is 159 cm³/mol. The van der Waals surface area contributed by atoms with Crippen LogP contribution in [0.1, 0.15) is 0 Å². The van der Waals surface area contributed by atoms with Gasteiger partial charge in [-0.25, -0.2) is 0 Å². The van der Waals surface area contributed by atoms with E-state index in [0.29, 0.717) is 0 Å². The van der Waals surface area contributed by atoms with Gasteiger partial charge in [0.2, 0.25) is 0 Å². The van der Waals surface area contributed by atoms with Crippen LogP contribution in [-0.4, -0.2) is 219 Å². The van der Waals surface area contributed by atoms with Gasteiger partial charge in [0.25, 0.3) is 0 Å². The fourth-order valence-corrected chi connectivity index (χ4v) is 4.32. The standard InChI is InChI=1S/3C10H16N2O8.4Cr/c3*13-7(14)3-11(4-8(15)16)1-2-12(5-9(17)18)6-10(19)20;;;;/h3*1-6H2,(H,13,14)(H,15,16)(H,17,18)(H,19,20);;;;/q;;;4*+3/p-12. The van der Waals surface area contributed by atoms with E-state index in [0.717, 1.165) is 29.4 Å². The number of carboxylic acids is 12. The summed E-state index contributed by atoms with van der Waals surface area (Å²) in [7, 11) is 0. The van der Waals surface area contributed by atoms with Crippen LogP contribution >= 0.6 is 0 Å². The maximum absolute atomic E-state index is 10.4. The molecular weight excluding hydrogens is 1040 g/mol. The summed E-state index contributed by atoms with van der Waals surface area (Å²) in [6, 6.07) is 0. The summed E-state index contributed by atoms with van der Waals surface area (Å²) in [6.45, 7) is -9.75. The average molecular weight is 1070 g/mol. The number of carboxylic acid groups (broad SMARTS) is 12. The average Bonchev–Trinajstić information content (AvgIpc) is 3.02. The molecule has 0 unspecified atom stereocenters. The second kappa shape index (κ2) is 42.5. The van der Waals surface area contributed by atoms with Gasteiger partial charge in [0.15, 0.2) is 0 Å². The van der Waals surface area contributed by atoms with Crippen LogP contribution in [0.15, 0.2) is 0 Å². The summed E-state index contributed by atoms with van der Waals surface area (Å²) >= 11 is 0. The van der Waals surface area contributed by atoms with Crippen molar-refractivity contribution >= 4 is 71.6 Å². The van der Waals surface area contributed by atoms with Crippen LogP contribution < -0.4 is 61.3 Å². The molecule has 354 valence electrons. The van der Waals surface area contributed by atoms with Crippen molar-refractivity contribution in [2.24, 2.45) is 0 Å². The molecule has 0 N–H and O–H groups in total. The molecule has 0 aromatic heterocycles. The van der Waals surface area contributed by atoms with E-state index in [4.69, 9.17) is 0 Å². The smallest absolute Gasteiger partial charge is 0.549 e. The zero-order valence-electron chi connectivity index (χ0n) is 32.8. The van der Waals surface area contributed by atoms with Gasteiger partial charge in [-0.3, -0.25) is 29.4 Å². The Bertz CT molecular complexity index is 1140. The Morgan fingerprint density at radius 1 is 0.188 bits per heavy atom. The fraction of sp³-hybridized carbons (Fsp3) is 0.600. The summed E-state index contributed by atoms with van der Waals surface area (Å²) in [4.78, 5) is 130. The number of carbonyl (C=O) groups is 12. The van der Waals surface area contributed by atoms with Crippen LogP contribution in [0, 0.1) is 0 Å². The minimum Gasteiger partial charge on any atom is -0.549 e. The van der Waals surface area contributed by atoms with Crippen LogP contribution in [0.2, 0.25) is 0 Å². The van der Waals surface area contributed by atoms with Gasteiger partial charge in [-0.2, -0.15) is 0 Å². The van der Waals surface area contributed by atoms with E-state index in [1.54, 1.807) is 0 Å². The van der Waals surface area contributed by atoms with Crippen LogP contribution in [0.4, 0.5) is 0 Å². The fourth-order valence-electron chi connectivity index (χ4n) is 4.32. The van der Waals surface area contributed by atoms with Crippen molar-refractivity contribution < 1.29 is 188 Å². The molecule has 64 heavy (non-hydrogen) atoms. The van der Waals surface area contributed by atoms with E-state index >= 15 is 0 Å². The number of nitrogens with zero attached hydrogens (tertiary/aromatic N) is 6. The SMILES string of the molecule is O=C([O-])CN(CCN(CC(=O)[O-])CC(=O)[O-])CC(=O)[O-].O=C([O-])CN(CCN(CC(=O)[O-])CC(=O)[O-])CC(=O)[O-].O=C([O-])CN(CCN(CC(=O)[O-])CC(=O)[O-])CC(=O)[O-].[Cr+3].[Cr+3].[Cr+3].[Cr+3]. The molecule has 0 spiro atoms. The molecule has 0 aliphatic heterocycles. The zero-order valence-corrected chi connectivity index (χ0v) is 37.9. The number of hydrogen-bond donors (Lipinski definition) is 0. The second-order valence-corrected chi connectivity index (χ2v) is 11.7. The molecule has 0 aliphatic carbocycles. The molecular formula is C30H36Cr4N6O24. The van der Waals surface area contributed by atoms with E-state index in [9.17, 15) is 119 Å². The van der Waals surface area contributed by atoms with Crippen molar-refractivity contribution in [3.8, 4) is 0 Å². The molecule has 4 radical (unpaired) electrons. The molecule has 0 aromatic rings. The van der Waals surface area contributed by atoms with Gasteiger partial charge in [-0.1, -0.05) is 0 Å². The number of aliphatic carboxylic acids is 12. The molecule has 0 rings (SSSR count). The normalized spacial score (nSPS) is 10.0. The summed E-state index contributed by atoms with van der Waals surface area (Å²) < 4.78 is 0. The minimum absolute atomic E-state index is 0. The van der Waals surface area contributed by atoms with Crippen LogP contribution in [0.3, 0.4) is 0 Å². The van der Waals surface area contributed by atoms with Gasteiger partial charge >= 0.3 is 69.4 Å². The number of rotatable bonds is 33. The van der Waals surface area contributed by atoms with Crippen LogP contribution in [-0.2, 0) is 127 Å². The largest absolute Gasteiger partial charge is 3.00 e. The number of carbonyl (C=O) groups excluding carboxylic acids is 12. The van der Waals surface area contributed by atoms with Gasteiger partial charge in [0, 0.05) is 118 Å². The maximum Gasteiger partial charge on any atom is 3.00 e. The van der Waals surface area contributed by atoms with Gasteiger partial charge < -0.3 is 119 Å². The Labute approximate surface area is 405 Å². The monoisotopic (exact) mass is 1070 g/mol. The van der Waals surface area contributed by atoms with Crippen molar-refractivity contribution in [2.75, 3.05) is 118 Å². The van der Waals surface area contributed by atoms with E-state index in [1.165, 1.54) is 0 Å². The Kier molecular flexibility index (Phi) is 49.1. The molecule has 34 heteroatoms. The third-order valence-electron chi connectivity index (χ3n) is 6.43. The first-order valence-corrected chi connectivity index (χ1v) is 16.3. The van der Waals surface area contributed by atoms with Crippen molar-refractivity contribution in [1.82, 2.24) is 29.4 Å². The van der Waals surface area contributed by atoms with Crippen molar-refractivity contribution in [2.45, 2.75) is 0 Å². The van der Waals surface area contributed by atoms with E-state index in [1.807, 2.05) is 0 Å². The molecule has 0 saturated carbocycles. The quantitative estimate of drug-likeness (QED) is 0.0589. The van der Waals surface area contributed by atoms with E-state index in [2.05, 4.69) is 0 Å². The molecule has 0 fully saturated rings. The number of hydrogen-bond acceptors (Lipinski definition) is 30. The van der Waals surface area contributed by atoms with Crippen LogP contribution in [0.25, 0.3) is 0 Å². The summed E-state index contributed by atoms with van der Waals surface area (Å²) in [5, 5.41) is 125. The summed E-state index contributed by atoms with van der Waals surface area (Å²) in [5.74, 6) is -18.4. The molecule has 0 bridgehead atoms. The summed E-state index contributed by atoms with van der Waals surface area (Å²) in [6.07, 6.45) is 0. The van der Waals surface area contributed by atoms with Crippen molar-refractivity contribution in [3.05, 3.63) is 0 Å². The third-order valence-corrected chi connectivity index (χ3v) is 6.43. The molecule has 0 atom stereocenters. The van der Waals surface area contributed by atoms with E-state index < -0.39 is 150 Å². The molecule has 0 saturated heterocycles. The first-order chi connectivity index (χ1) is 27.6. The molecule has 30 nitrogen and oxygen atoms in total. The Morgan fingerprint density at radius 2 is 0.250 bits per heavy atom. The second-order valence-electron chi connectivity index (χ2n) is 11.7. The third kappa shape index (κ3) is 53.7. The summed E-state index contributed by atoms with van der Waals surface area (Å²) in [5.41, 5.74) is 0. The van der Waals surface area contributed by atoms with Gasteiger partial charge in [0.1, 0.15) is 0 Å². The zero-order chi connectivity index (χ0) is 47.1. The first-order valence-electron chi connectivity index (χ1n) is 16.3. The first kappa shape index (κ1) is 73.9. The topological polar surface area (TPSA) is 501 Å². The Morgan fingerprint density at radius 3 is 0.297 bits per heavy atom. The van der Waals surface area contributed by atoms with Gasteiger partial charge in [-0.05, 0) is 0 Å². The minimum atomic E-state index is -1.53. The van der Waals surface area contributed by atoms with Crippen molar-refractivity contribution in [1.29, 1.82) is 0 Å². The van der Waals surface area contributed by atoms with Gasteiger partial charge in [0.05, 0.1) is 71.6 Å². The van der Waals surface area contributed by atoms with Gasteiger partial charge in [-0.15, -0.1) is 0 Å². The maximum atomic E-state index is 10.4. The molecule has 0 amide bonds. The molecule has 0 aliphatic rings. The Balaban J connectivity index is -0.000000148. The predicted octanol–water partition coefficient (Wildman–Crippen LogP) is -22.2. The van der Waals surface area contributed by atoms with Crippen molar-refractivity contribution in [3.63, 3.8) is 0 Å². The molecule has 0 heterocycles. The molecule has 0 aromatic carbocycles. The van der Waals surface area contributed by atoms with Crippen LogP contribution in [0.5, 0.6) is 0 Å². The van der Waals surface area contributed by atoms with E-state index in [-0.39, 0.29) is 109 Å². The Hall–Kier alpha value is -4.47.